The number of hydrogen-bond acceptors (Lipinski definition) is 3. The lowest BCUT2D eigenvalue weighted by molar-refractivity contribution is 0.879. The molecule has 0 bridgehead atoms. The van der Waals surface area contributed by atoms with E-state index in [0.29, 0.717) is 18.0 Å². The number of aromatic nitrogens is 2. The zero-order valence-corrected chi connectivity index (χ0v) is 8.33. The first-order chi connectivity index (χ1) is 6.79. The summed E-state index contributed by atoms with van der Waals surface area (Å²) in [5.74, 6) is 0.766. The Morgan fingerprint density at radius 1 is 1.36 bits per heavy atom. The summed E-state index contributed by atoms with van der Waals surface area (Å²) in [4.78, 5) is 8.54. The maximum Gasteiger partial charge on any atom is 0.130 e. The number of nitrogens with two attached hydrogens (primary N) is 1. The highest BCUT2D eigenvalue weighted by molar-refractivity contribution is 6.31. The standard InChI is InChI=1S/C10H10ClN3/c11-8-2-1-7-6-13-10(3-4-12)14-9(7)5-8/h1-2,5-6H,3-4,12H2. The molecular formula is C10H10ClN3. The SMILES string of the molecule is NCCc1ncc2ccc(Cl)cc2n1. The number of halogens is 1. The second-order valence-electron chi connectivity index (χ2n) is 3.03. The summed E-state index contributed by atoms with van der Waals surface area (Å²) in [7, 11) is 0. The molecule has 4 heteroatoms. The van der Waals surface area contributed by atoms with Gasteiger partial charge in [0.2, 0.25) is 0 Å². The predicted molar refractivity (Wildman–Crippen MR) is 57.3 cm³/mol. The highest BCUT2D eigenvalue weighted by atomic mass is 35.5. The zero-order chi connectivity index (χ0) is 9.97. The van der Waals surface area contributed by atoms with Crippen molar-refractivity contribution >= 4 is 22.5 Å². The van der Waals surface area contributed by atoms with Crippen LogP contribution in [0.4, 0.5) is 0 Å². The van der Waals surface area contributed by atoms with Gasteiger partial charge in [0.1, 0.15) is 5.82 Å². The molecule has 2 aromatic rings. The van der Waals surface area contributed by atoms with Crippen LogP contribution in [-0.2, 0) is 6.42 Å². The van der Waals surface area contributed by atoms with Crippen LogP contribution < -0.4 is 5.73 Å². The van der Waals surface area contributed by atoms with Crippen molar-refractivity contribution in [1.29, 1.82) is 0 Å². The van der Waals surface area contributed by atoms with E-state index in [2.05, 4.69) is 9.97 Å². The van der Waals surface area contributed by atoms with Gasteiger partial charge < -0.3 is 5.73 Å². The Labute approximate surface area is 86.9 Å². The Morgan fingerprint density at radius 3 is 3.00 bits per heavy atom. The van der Waals surface area contributed by atoms with Crippen LogP contribution in [0, 0.1) is 0 Å². The predicted octanol–water partition coefficient (Wildman–Crippen LogP) is 1.78. The van der Waals surface area contributed by atoms with Crippen molar-refractivity contribution < 1.29 is 0 Å². The Bertz CT molecular complexity index is 456. The normalized spacial score (nSPS) is 10.7. The van der Waals surface area contributed by atoms with Gasteiger partial charge in [-0.1, -0.05) is 11.6 Å². The van der Waals surface area contributed by atoms with E-state index in [1.807, 2.05) is 18.2 Å². The van der Waals surface area contributed by atoms with Crippen LogP contribution in [0.25, 0.3) is 10.9 Å². The lowest BCUT2D eigenvalue weighted by Gasteiger charge is -2.00. The molecule has 0 saturated carbocycles. The summed E-state index contributed by atoms with van der Waals surface area (Å²) >= 11 is 5.86. The molecule has 1 heterocycles. The van der Waals surface area contributed by atoms with Gasteiger partial charge in [-0.25, -0.2) is 9.97 Å². The smallest absolute Gasteiger partial charge is 0.130 e. The minimum Gasteiger partial charge on any atom is -0.330 e. The average molecular weight is 208 g/mol. The molecule has 0 saturated heterocycles. The summed E-state index contributed by atoms with van der Waals surface area (Å²) in [5, 5.41) is 1.69. The molecule has 0 unspecified atom stereocenters. The van der Waals surface area contributed by atoms with E-state index in [-0.39, 0.29) is 0 Å². The van der Waals surface area contributed by atoms with Crippen LogP contribution >= 0.6 is 11.6 Å². The fraction of sp³-hybridized carbons (Fsp3) is 0.200. The summed E-state index contributed by atoms with van der Waals surface area (Å²) in [6.45, 7) is 0.562. The van der Waals surface area contributed by atoms with Crippen molar-refractivity contribution in [2.75, 3.05) is 6.54 Å². The first kappa shape index (κ1) is 9.37. The van der Waals surface area contributed by atoms with Crippen molar-refractivity contribution in [2.24, 2.45) is 5.73 Å². The van der Waals surface area contributed by atoms with Crippen molar-refractivity contribution in [3.63, 3.8) is 0 Å². The number of nitrogens with zero attached hydrogens (tertiary/aromatic N) is 2. The van der Waals surface area contributed by atoms with Crippen molar-refractivity contribution in [1.82, 2.24) is 9.97 Å². The van der Waals surface area contributed by atoms with E-state index in [1.54, 1.807) is 6.20 Å². The fourth-order valence-corrected chi connectivity index (χ4v) is 1.45. The van der Waals surface area contributed by atoms with Crippen LogP contribution in [0.15, 0.2) is 24.4 Å². The minimum absolute atomic E-state index is 0.562. The van der Waals surface area contributed by atoms with Gasteiger partial charge in [0.15, 0.2) is 0 Å². The molecule has 0 aliphatic rings. The Hall–Kier alpha value is -1.19. The molecule has 0 aliphatic carbocycles. The second-order valence-corrected chi connectivity index (χ2v) is 3.46. The maximum absolute atomic E-state index is 5.86. The Balaban J connectivity index is 2.52. The molecule has 1 aromatic heterocycles. The first-order valence-corrected chi connectivity index (χ1v) is 4.78. The molecule has 0 radical (unpaired) electrons. The summed E-state index contributed by atoms with van der Waals surface area (Å²) in [6.07, 6.45) is 2.49. The second kappa shape index (κ2) is 3.90. The van der Waals surface area contributed by atoms with Crippen LogP contribution in [0.3, 0.4) is 0 Å². The van der Waals surface area contributed by atoms with E-state index in [9.17, 15) is 0 Å². The topological polar surface area (TPSA) is 51.8 Å². The average Bonchev–Trinajstić information content (AvgIpc) is 2.17. The molecule has 2 rings (SSSR count). The van der Waals surface area contributed by atoms with Gasteiger partial charge in [-0.15, -0.1) is 0 Å². The number of benzene rings is 1. The van der Waals surface area contributed by atoms with Gasteiger partial charge >= 0.3 is 0 Å². The highest BCUT2D eigenvalue weighted by Gasteiger charge is 1.99. The third kappa shape index (κ3) is 1.84. The van der Waals surface area contributed by atoms with E-state index in [1.165, 1.54) is 0 Å². The summed E-state index contributed by atoms with van der Waals surface area (Å²) in [5.41, 5.74) is 6.30. The molecule has 72 valence electrons. The van der Waals surface area contributed by atoms with Crippen LogP contribution in [-0.4, -0.2) is 16.5 Å². The molecule has 3 nitrogen and oxygen atoms in total. The first-order valence-electron chi connectivity index (χ1n) is 4.41. The molecular weight excluding hydrogens is 198 g/mol. The Morgan fingerprint density at radius 2 is 2.21 bits per heavy atom. The van der Waals surface area contributed by atoms with Gasteiger partial charge in [-0.3, -0.25) is 0 Å². The fourth-order valence-electron chi connectivity index (χ4n) is 1.28. The van der Waals surface area contributed by atoms with Crippen molar-refractivity contribution in [2.45, 2.75) is 6.42 Å². The summed E-state index contributed by atoms with van der Waals surface area (Å²) < 4.78 is 0. The van der Waals surface area contributed by atoms with Crippen molar-refractivity contribution in [3.8, 4) is 0 Å². The van der Waals surface area contributed by atoms with E-state index >= 15 is 0 Å². The minimum atomic E-state index is 0.562. The highest BCUT2D eigenvalue weighted by Crippen LogP contribution is 2.16. The molecule has 2 N–H and O–H groups in total. The van der Waals surface area contributed by atoms with E-state index < -0.39 is 0 Å². The van der Waals surface area contributed by atoms with Crippen molar-refractivity contribution in [3.05, 3.63) is 35.2 Å². The van der Waals surface area contributed by atoms with Crippen LogP contribution in [0.5, 0.6) is 0 Å². The largest absolute Gasteiger partial charge is 0.330 e. The number of rotatable bonds is 2. The lowest BCUT2D eigenvalue weighted by atomic mass is 10.2. The third-order valence-electron chi connectivity index (χ3n) is 1.96. The maximum atomic E-state index is 5.86. The molecule has 0 aliphatic heterocycles. The van der Waals surface area contributed by atoms with Crippen LogP contribution in [0.2, 0.25) is 5.02 Å². The zero-order valence-electron chi connectivity index (χ0n) is 7.57. The Kier molecular flexibility index (Phi) is 2.61. The van der Waals surface area contributed by atoms with Gasteiger partial charge in [0, 0.05) is 23.0 Å². The number of fused-ring (bicyclic) bond motifs is 1. The molecule has 1 aromatic carbocycles. The number of hydrogen-bond donors (Lipinski definition) is 1. The van der Waals surface area contributed by atoms with E-state index in [0.717, 1.165) is 16.7 Å². The van der Waals surface area contributed by atoms with E-state index in [4.69, 9.17) is 17.3 Å². The van der Waals surface area contributed by atoms with Gasteiger partial charge in [-0.05, 0) is 24.7 Å². The lowest BCUT2D eigenvalue weighted by Crippen LogP contribution is -2.06. The molecule has 0 fully saturated rings. The molecule has 0 spiro atoms. The van der Waals surface area contributed by atoms with Gasteiger partial charge in [-0.2, -0.15) is 0 Å². The van der Waals surface area contributed by atoms with Gasteiger partial charge in [0.25, 0.3) is 0 Å². The molecule has 14 heavy (non-hydrogen) atoms. The quantitative estimate of drug-likeness (QED) is 0.817. The van der Waals surface area contributed by atoms with Crippen LogP contribution in [0.1, 0.15) is 5.82 Å². The molecule has 0 atom stereocenters. The summed E-state index contributed by atoms with van der Waals surface area (Å²) in [6, 6.07) is 5.57. The third-order valence-corrected chi connectivity index (χ3v) is 2.20. The van der Waals surface area contributed by atoms with Gasteiger partial charge in [0.05, 0.1) is 5.52 Å². The monoisotopic (exact) mass is 207 g/mol. The molecule has 0 amide bonds.